The molecule has 0 saturated heterocycles. The first-order chi connectivity index (χ1) is 11.0. The van der Waals surface area contributed by atoms with Gasteiger partial charge in [-0.3, -0.25) is 4.79 Å². The maximum Gasteiger partial charge on any atom is 0.266 e. The summed E-state index contributed by atoms with van der Waals surface area (Å²) < 4.78 is 5.20. The number of ether oxygens (including phenoxy) is 1. The van der Waals surface area contributed by atoms with Crippen LogP contribution in [0.5, 0.6) is 5.75 Å². The molecule has 0 atom stereocenters. The van der Waals surface area contributed by atoms with Gasteiger partial charge in [0.1, 0.15) is 17.4 Å². The number of amides is 1. The summed E-state index contributed by atoms with van der Waals surface area (Å²) in [4.78, 5) is 12.3. The van der Waals surface area contributed by atoms with E-state index in [9.17, 15) is 10.1 Å². The number of hydrogen-bond acceptors (Lipinski definition) is 3. The largest absolute Gasteiger partial charge is 0.496 e. The molecule has 0 aliphatic rings. The highest BCUT2D eigenvalue weighted by atomic mass is 35.5. The number of rotatable bonds is 4. The summed E-state index contributed by atoms with van der Waals surface area (Å²) in [5.74, 6) is 0.000189. The molecule has 1 N–H and O–H groups in total. The third-order valence-corrected chi connectivity index (χ3v) is 3.53. The molecule has 0 heterocycles. The lowest BCUT2D eigenvalue weighted by Crippen LogP contribution is -2.13. The average Bonchev–Trinajstić information content (AvgIpc) is 2.55. The summed E-state index contributed by atoms with van der Waals surface area (Å²) in [7, 11) is 1.52. The van der Waals surface area contributed by atoms with Crippen LogP contribution in [0.15, 0.2) is 48.0 Å². The highest BCUT2D eigenvalue weighted by Gasteiger charge is 2.12. The van der Waals surface area contributed by atoms with Crippen LogP contribution in [0.1, 0.15) is 5.56 Å². The van der Waals surface area contributed by atoms with Gasteiger partial charge in [-0.25, -0.2) is 0 Å². The van der Waals surface area contributed by atoms with Crippen LogP contribution >= 0.6 is 23.2 Å². The number of nitriles is 1. The topological polar surface area (TPSA) is 62.1 Å². The second-order valence-corrected chi connectivity index (χ2v) is 5.33. The molecule has 2 aromatic carbocycles. The summed E-state index contributed by atoms with van der Waals surface area (Å²) >= 11 is 11.8. The van der Waals surface area contributed by atoms with E-state index in [0.717, 1.165) is 0 Å². The molecular weight excluding hydrogens is 335 g/mol. The molecule has 0 bridgehead atoms. The van der Waals surface area contributed by atoms with E-state index in [0.29, 0.717) is 27.0 Å². The molecule has 0 aromatic heterocycles. The van der Waals surface area contributed by atoms with Crippen LogP contribution in [0.4, 0.5) is 5.69 Å². The molecule has 0 aliphatic heterocycles. The number of carbonyl (C=O) groups is 1. The Balaban J connectivity index is 2.28. The molecule has 0 saturated carbocycles. The normalized spacial score (nSPS) is 10.8. The Labute approximate surface area is 143 Å². The summed E-state index contributed by atoms with van der Waals surface area (Å²) in [5.41, 5.74) is 0.937. The number of nitrogens with zero attached hydrogens (tertiary/aromatic N) is 1. The van der Waals surface area contributed by atoms with Crippen LogP contribution in [0.3, 0.4) is 0 Å². The SMILES string of the molecule is COc1ccccc1/C=C(\C#N)C(=O)Nc1ccc(Cl)cc1Cl. The summed E-state index contributed by atoms with van der Waals surface area (Å²) in [6, 6.07) is 13.6. The van der Waals surface area contributed by atoms with Crippen molar-refractivity contribution in [1.29, 1.82) is 5.26 Å². The number of hydrogen-bond donors (Lipinski definition) is 1. The molecule has 6 heteroatoms. The van der Waals surface area contributed by atoms with Crippen molar-refractivity contribution in [2.45, 2.75) is 0 Å². The Morgan fingerprint density at radius 2 is 2.00 bits per heavy atom. The summed E-state index contributed by atoms with van der Waals surface area (Å²) in [5, 5.41) is 12.6. The minimum Gasteiger partial charge on any atom is -0.496 e. The fourth-order valence-electron chi connectivity index (χ4n) is 1.87. The number of benzene rings is 2. The van der Waals surface area contributed by atoms with Gasteiger partial charge in [0.25, 0.3) is 5.91 Å². The van der Waals surface area contributed by atoms with Crippen molar-refractivity contribution in [2.75, 3.05) is 12.4 Å². The second-order valence-electron chi connectivity index (χ2n) is 4.49. The van der Waals surface area contributed by atoms with E-state index in [1.165, 1.54) is 19.3 Å². The molecule has 4 nitrogen and oxygen atoms in total. The number of methoxy groups -OCH3 is 1. The first-order valence-electron chi connectivity index (χ1n) is 6.56. The van der Waals surface area contributed by atoms with Crippen molar-refractivity contribution in [3.63, 3.8) is 0 Å². The maximum atomic E-state index is 12.3. The average molecular weight is 347 g/mol. The van der Waals surface area contributed by atoms with Crippen molar-refractivity contribution in [2.24, 2.45) is 0 Å². The highest BCUT2D eigenvalue weighted by Crippen LogP contribution is 2.26. The number of para-hydroxylation sites is 1. The van der Waals surface area contributed by atoms with Crippen LogP contribution in [0.25, 0.3) is 6.08 Å². The maximum absolute atomic E-state index is 12.3. The molecule has 1 amide bonds. The first-order valence-corrected chi connectivity index (χ1v) is 7.32. The fraction of sp³-hybridized carbons (Fsp3) is 0.0588. The molecule has 0 radical (unpaired) electrons. The van der Waals surface area contributed by atoms with E-state index >= 15 is 0 Å². The van der Waals surface area contributed by atoms with Gasteiger partial charge in [-0.05, 0) is 30.3 Å². The highest BCUT2D eigenvalue weighted by molar-refractivity contribution is 6.36. The van der Waals surface area contributed by atoms with E-state index in [4.69, 9.17) is 27.9 Å². The van der Waals surface area contributed by atoms with Crippen molar-refractivity contribution >= 4 is 40.9 Å². The van der Waals surface area contributed by atoms with Gasteiger partial charge in [-0.1, -0.05) is 41.4 Å². The standard InChI is InChI=1S/C17H12Cl2N2O2/c1-23-16-5-3-2-4-11(16)8-12(10-20)17(22)21-15-7-6-13(18)9-14(15)19/h2-9H,1H3,(H,21,22)/b12-8+. The number of carbonyl (C=O) groups excluding carboxylic acids is 1. The quantitative estimate of drug-likeness (QED) is 0.652. The van der Waals surface area contributed by atoms with E-state index in [-0.39, 0.29) is 5.57 Å². The molecule has 0 spiro atoms. The fourth-order valence-corrected chi connectivity index (χ4v) is 2.33. The van der Waals surface area contributed by atoms with E-state index in [1.807, 2.05) is 6.07 Å². The summed E-state index contributed by atoms with van der Waals surface area (Å²) in [6.07, 6.45) is 1.46. The smallest absolute Gasteiger partial charge is 0.266 e. The van der Waals surface area contributed by atoms with Gasteiger partial charge >= 0.3 is 0 Å². The van der Waals surface area contributed by atoms with Crippen molar-refractivity contribution < 1.29 is 9.53 Å². The minimum atomic E-state index is -0.567. The zero-order valence-electron chi connectivity index (χ0n) is 12.1. The van der Waals surface area contributed by atoms with E-state index < -0.39 is 5.91 Å². The predicted molar refractivity (Wildman–Crippen MR) is 91.7 cm³/mol. The Bertz CT molecular complexity index is 810. The zero-order valence-corrected chi connectivity index (χ0v) is 13.7. The van der Waals surface area contributed by atoms with Crippen LogP contribution in [0, 0.1) is 11.3 Å². The summed E-state index contributed by atoms with van der Waals surface area (Å²) in [6.45, 7) is 0. The second kappa shape index (κ2) is 7.68. The van der Waals surface area contributed by atoms with Crippen LogP contribution in [0.2, 0.25) is 10.0 Å². The molecule has 0 unspecified atom stereocenters. The van der Waals surface area contributed by atoms with Crippen LogP contribution in [-0.4, -0.2) is 13.0 Å². The first kappa shape index (κ1) is 16.9. The van der Waals surface area contributed by atoms with Crippen molar-refractivity contribution in [3.8, 4) is 11.8 Å². The van der Waals surface area contributed by atoms with Gasteiger partial charge in [-0.2, -0.15) is 5.26 Å². The van der Waals surface area contributed by atoms with Gasteiger partial charge in [0, 0.05) is 10.6 Å². The lowest BCUT2D eigenvalue weighted by atomic mass is 10.1. The molecule has 23 heavy (non-hydrogen) atoms. The monoisotopic (exact) mass is 346 g/mol. The van der Waals surface area contributed by atoms with E-state index in [1.54, 1.807) is 36.4 Å². The Morgan fingerprint density at radius 1 is 1.26 bits per heavy atom. The van der Waals surface area contributed by atoms with Crippen LogP contribution in [-0.2, 0) is 4.79 Å². The third-order valence-electron chi connectivity index (χ3n) is 2.98. The minimum absolute atomic E-state index is 0.0690. The number of halogens is 2. The lowest BCUT2D eigenvalue weighted by Gasteiger charge is -2.08. The molecule has 2 rings (SSSR count). The van der Waals surface area contributed by atoms with Gasteiger partial charge in [-0.15, -0.1) is 0 Å². The Hall–Kier alpha value is -2.48. The number of anilines is 1. The lowest BCUT2D eigenvalue weighted by molar-refractivity contribution is -0.112. The van der Waals surface area contributed by atoms with Gasteiger partial charge < -0.3 is 10.1 Å². The van der Waals surface area contributed by atoms with E-state index in [2.05, 4.69) is 5.32 Å². The molecular formula is C17H12Cl2N2O2. The third kappa shape index (κ3) is 4.26. The van der Waals surface area contributed by atoms with Gasteiger partial charge in [0.05, 0.1) is 17.8 Å². The molecule has 0 fully saturated rings. The van der Waals surface area contributed by atoms with Crippen LogP contribution < -0.4 is 10.1 Å². The molecule has 116 valence electrons. The zero-order chi connectivity index (χ0) is 16.8. The van der Waals surface area contributed by atoms with Gasteiger partial charge in [0.2, 0.25) is 0 Å². The predicted octanol–water partition coefficient (Wildman–Crippen LogP) is 4.55. The Kier molecular flexibility index (Phi) is 5.64. The van der Waals surface area contributed by atoms with Crippen molar-refractivity contribution in [3.05, 3.63) is 63.6 Å². The van der Waals surface area contributed by atoms with Gasteiger partial charge in [0.15, 0.2) is 0 Å². The van der Waals surface area contributed by atoms with Crippen molar-refractivity contribution in [1.82, 2.24) is 0 Å². The molecule has 0 aliphatic carbocycles. The number of nitrogens with one attached hydrogen (secondary N) is 1. The molecule has 2 aromatic rings. The Morgan fingerprint density at radius 3 is 2.65 bits per heavy atom.